The molecule has 0 aliphatic carbocycles. The highest BCUT2D eigenvalue weighted by molar-refractivity contribution is 5.38. The molecule has 0 radical (unpaired) electrons. The molecule has 1 saturated heterocycles. The fourth-order valence-corrected chi connectivity index (χ4v) is 2.87. The summed E-state index contributed by atoms with van der Waals surface area (Å²) in [6, 6.07) is 4.98. The molecule has 0 bridgehead atoms. The van der Waals surface area contributed by atoms with Crippen molar-refractivity contribution in [3.05, 3.63) is 35.1 Å². The van der Waals surface area contributed by atoms with Crippen LogP contribution < -0.4 is 0 Å². The second-order valence-electron chi connectivity index (χ2n) is 5.53. The number of aliphatic hydroxyl groups excluding tert-OH is 2. The second kappa shape index (κ2) is 8.14. The maximum atomic E-state index is 13.6. The van der Waals surface area contributed by atoms with E-state index in [0.717, 1.165) is 38.0 Å². The number of piperidine rings is 1. The van der Waals surface area contributed by atoms with Crippen molar-refractivity contribution in [3.8, 4) is 11.8 Å². The zero-order valence-electron chi connectivity index (χ0n) is 12.2. The van der Waals surface area contributed by atoms with Gasteiger partial charge < -0.3 is 10.2 Å². The number of likely N-dealkylation sites (tertiary alicyclic amines) is 1. The van der Waals surface area contributed by atoms with Crippen LogP contribution in [0.4, 0.5) is 4.39 Å². The number of nitrogens with zero attached hydrogens (tertiary/aromatic N) is 1. The van der Waals surface area contributed by atoms with Crippen molar-refractivity contribution in [2.24, 2.45) is 5.92 Å². The third kappa shape index (κ3) is 4.82. The molecule has 2 rings (SSSR count). The van der Waals surface area contributed by atoms with Crippen LogP contribution in [0, 0.1) is 23.6 Å². The van der Waals surface area contributed by atoms with Gasteiger partial charge in [-0.1, -0.05) is 17.9 Å². The first-order valence-electron chi connectivity index (χ1n) is 7.44. The SMILES string of the molecule is OCC#Cc1cc(CN2CCCC(CCO)C2)ccc1F. The molecule has 114 valence electrons. The third-order valence-corrected chi connectivity index (χ3v) is 3.88. The van der Waals surface area contributed by atoms with Gasteiger partial charge in [-0.15, -0.1) is 0 Å². The summed E-state index contributed by atoms with van der Waals surface area (Å²) in [5, 5.41) is 17.8. The van der Waals surface area contributed by atoms with Gasteiger partial charge in [0.2, 0.25) is 0 Å². The lowest BCUT2D eigenvalue weighted by molar-refractivity contribution is 0.142. The van der Waals surface area contributed by atoms with Crippen molar-refractivity contribution in [1.29, 1.82) is 0 Å². The number of halogens is 1. The second-order valence-corrected chi connectivity index (χ2v) is 5.53. The van der Waals surface area contributed by atoms with Crippen LogP contribution in [0.1, 0.15) is 30.4 Å². The first-order valence-corrected chi connectivity index (χ1v) is 7.44. The van der Waals surface area contributed by atoms with E-state index in [1.807, 2.05) is 0 Å². The molecule has 3 nitrogen and oxygen atoms in total. The lowest BCUT2D eigenvalue weighted by Crippen LogP contribution is -2.35. The Hall–Kier alpha value is -1.41. The molecule has 4 heteroatoms. The number of hydrogen-bond donors (Lipinski definition) is 2. The Morgan fingerprint density at radius 2 is 2.19 bits per heavy atom. The molecule has 21 heavy (non-hydrogen) atoms. The normalized spacial score (nSPS) is 19.1. The molecule has 0 amide bonds. The minimum absolute atomic E-state index is 0.246. The van der Waals surface area contributed by atoms with Gasteiger partial charge in [-0.05, 0) is 49.4 Å². The predicted octanol–water partition coefficient (Wildman–Crippen LogP) is 1.76. The minimum atomic E-state index is -0.350. The van der Waals surface area contributed by atoms with Gasteiger partial charge >= 0.3 is 0 Å². The van der Waals surface area contributed by atoms with E-state index in [0.29, 0.717) is 11.5 Å². The van der Waals surface area contributed by atoms with E-state index in [2.05, 4.69) is 16.7 Å². The molecular weight excluding hydrogens is 269 g/mol. The number of aliphatic hydroxyl groups is 2. The lowest BCUT2D eigenvalue weighted by Gasteiger charge is -2.32. The van der Waals surface area contributed by atoms with Gasteiger partial charge in [0.15, 0.2) is 0 Å². The summed E-state index contributed by atoms with van der Waals surface area (Å²) in [5.74, 6) is 5.33. The van der Waals surface area contributed by atoms with Crippen LogP contribution in [-0.4, -0.2) is 41.4 Å². The molecule has 1 aliphatic heterocycles. The van der Waals surface area contributed by atoms with Crippen molar-refractivity contribution in [2.45, 2.75) is 25.8 Å². The van der Waals surface area contributed by atoms with Gasteiger partial charge in [0, 0.05) is 19.7 Å². The minimum Gasteiger partial charge on any atom is -0.396 e. The van der Waals surface area contributed by atoms with Crippen LogP contribution >= 0.6 is 0 Å². The first kappa shape index (κ1) is 16.0. The van der Waals surface area contributed by atoms with Crippen LogP contribution in [0.15, 0.2) is 18.2 Å². The van der Waals surface area contributed by atoms with Crippen LogP contribution in [0.2, 0.25) is 0 Å². The summed E-state index contributed by atoms with van der Waals surface area (Å²) in [5.41, 5.74) is 1.37. The van der Waals surface area contributed by atoms with Crippen LogP contribution in [-0.2, 0) is 6.54 Å². The average Bonchev–Trinajstić information content (AvgIpc) is 2.48. The Morgan fingerprint density at radius 1 is 1.33 bits per heavy atom. The quantitative estimate of drug-likeness (QED) is 0.831. The summed E-state index contributed by atoms with van der Waals surface area (Å²) in [6.07, 6.45) is 3.17. The monoisotopic (exact) mass is 291 g/mol. The molecule has 1 heterocycles. The Morgan fingerprint density at radius 3 is 2.95 bits per heavy atom. The Kier molecular flexibility index (Phi) is 6.19. The highest BCUT2D eigenvalue weighted by atomic mass is 19.1. The molecule has 0 spiro atoms. The average molecular weight is 291 g/mol. The van der Waals surface area contributed by atoms with E-state index in [1.54, 1.807) is 12.1 Å². The fraction of sp³-hybridized carbons (Fsp3) is 0.529. The zero-order chi connectivity index (χ0) is 15.1. The largest absolute Gasteiger partial charge is 0.396 e. The van der Waals surface area contributed by atoms with Crippen LogP contribution in [0.25, 0.3) is 0 Å². The molecule has 1 unspecified atom stereocenters. The van der Waals surface area contributed by atoms with Crippen molar-refractivity contribution in [2.75, 3.05) is 26.3 Å². The van der Waals surface area contributed by atoms with E-state index in [9.17, 15) is 4.39 Å². The summed E-state index contributed by atoms with van der Waals surface area (Å²) < 4.78 is 13.6. The summed E-state index contributed by atoms with van der Waals surface area (Å²) >= 11 is 0. The van der Waals surface area contributed by atoms with E-state index in [4.69, 9.17) is 10.2 Å². The summed E-state index contributed by atoms with van der Waals surface area (Å²) in [4.78, 5) is 2.35. The molecule has 0 saturated carbocycles. The van der Waals surface area contributed by atoms with Crippen molar-refractivity contribution < 1.29 is 14.6 Å². The standard InChI is InChI=1S/C17H22FNO2/c18-17-6-5-15(11-16(17)4-2-9-20)13-19-8-1-3-14(12-19)7-10-21/h5-6,11,14,20-21H,1,3,7-10,12-13H2. The first-order chi connectivity index (χ1) is 10.2. The predicted molar refractivity (Wildman–Crippen MR) is 80.1 cm³/mol. The molecule has 1 aromatic carbocycles. The van der Waals surface area contributed by atoms with Crippen LogP contribution in [0.5, 0.6) is 0 Å². The number of rotatable bonds is 4. The molecular formula is C17H22FNO2. The maximum Gasteiger partial charge on any atom is 0.138 e. The molecule has 1 fully saturated rings. The van der Waals surface area contributed by atoms with E-state index in [-0.39, 0.29) is 19.0 Å². The summed E-state index contributed by atoms with van der Waals surface area (Å²) in [7, 11) is 0. The Bertz CT molecular complexity index is 519. The summed E-state index contributed by atoms with van der Waals surface area (Å²) in [6.45, 7) is 2.77. The van der Waals surface area contributed by atoms with Gasteiger partial charge in [-0.25, -0.2) is 4.39 Å². The smallest absolute Gasteiger partial charge is 0.138 e. The Balaban J connectivity index is 2.02. The number of benzene rings is 1. The highest BCUT2D eigenvalue weighted by Crippen LogP contribution is 2.21. The van der Waals surface area contributed by atoms with Gasteiger partial charge in [-0.3, -0.25) is 4.90 Å². The third-order valence-electron chi connectivity index (χ3n) is 3.88. The lowest BCUT2D eigenvalue weighted by atomic mass is 9.95. The van der Waals surface area contributed by atoms with Gasteiger partial charge in [-0.2, -0.15) is 0 Å². The molecule has 1 aliphatic rings. The number of hydrogen-bond acceptors (Lipinski definition) is 3. The van der Waals surface area contributed by atoms with Crippen molar-refractivity contribution >= 4 is 0 Å². The Labute approximate surface area is 125 Å². The van der Waals surface area contributed by atoms with Gasteiger partial charge in [0.1, 0.15) is 12.4 Å². The van der Waals surface area contributed by atoms with Gasteiger partial charge in [0.05, 0.1) is 5.56 Å². The topological polar surface area (TPSA) is 43.7 Å². The van der Waals surface area contributed by atoms with E-state index in [1.165, 1.54) is 12.5 Å². The molecule has 1 aromatic rings. The van der Waals surface area contributed by atoms with Crippen LogP contribution in [0.3, 0.4) is 0 Å². The zero-order valence-corrected chi connectivity index (χ0v) is 12.2. The van der Waals surface area contributed by atoms with Gasteiger partial charge in [0.25, 0.3) is 0 Å². The molecule has 0 aromatic heterocycles. The highest BCUT2D eigenvalue weighted by Gasteiger charge is 2.19. The fourth-order valence-electron chi connectivity index (χ4n) is 2.87. The van der Waals surface area contributed by atoms with E-state index < -0.39 is 0 Å². The van der Waals surface area contributed by atoms with Crippen molar-refractivity contribution in [3.63, 3.8) is 0 Å². The van der Waals surface area contributed by atoms with E-state index >= 15 is 0 Å². The molecule has 1 atom stereocenters. The molecule has 2 N–H and O–H groups in total. The maximum absolute atomic E-state index is 13.6. The van der Waals surface area contributed by atoms with Crippen molar-refractivity contribution in [1.82, 2.24) is 4.90 Å².